The molecule has 31 heavy (non-hydrogen) atoms. The zero-order valence-corrected chi connectivity index (χ0v) is 19.7. The Bertz CT molecular complexity index is 576. The van der Waals surface area contributed by atoms with Gasteiger partial charge in [0.25, 0.3) is 0 Å². The van der Waals surface area contributed by atoms with Gasteiger partial charge >= 0.3 is 12.1 Å². The summed E-state index contributed by atoms with van der Waals surface area (Å²) in [6.45, 7) is 4.44. The van der Waals surface area contributed by atoms with E-state index in [9.17, 15) is 9.59 Å². The molecule has 0 aromatic heterocycles. The standard InChI is InChI=1S/C26H43NO4/c1-3-4-5-6-7-8-9-10-11-12-13-14-18-21-30-25(28)23(2)27-26(29)31-22-24-19-16-15-17-20-24/h15-17,19-20,23H,3-14,18,21-22H2,1-2H3,(H,27,29)/t23-/m0/s1. The van der Waals surface area contributed by atoms with Crippen LogP contribution in [-0.4, -0.2) is 24.7 Å². The predicted molar refractivity (Wildman–Crippen MR) is 126 cm³/mol. The lowest BCUT2D eigenvalue weighted by Gasteiger charge is -2.13. The molecule has 0 spiro atoms. The summed E-state index contributed by atoms with van der Waals surface area (Å²) in [6, 6.07) is 8.70. The van der Waals surface area contributed by atoms with E-state index in [1.807, 2.05) is 30.3 Å². The van der Waals surface area contributed by atoms with Crippen molar-refractivity contribution in [2.75, 3.05) is 6.61 Å². The van der Waals surface area contributed by atoms with Crippen LogP contribution in [0.1, 0.15) is 103 Å². The maximum atomic E-state index is 12.0. The quantitative estimate of drug-likeness (QED) is 0.201. The van der Waals surface area contributed by atoms with Crippen molar-refractivity contribution < 1.29 is 19.1 Å². The van der Waals surface area contributed by atoms with Crippen molar-refractivity contribution in [3.05, 3.63) is 35.9 Å². The van der Waals surface area contributed by atoms with Crippen LogP contribution in [0.2, 0.25) is 0 Å². The summed E-state index contributed by atoms with van der Waals surface area (Å²) in [5.41, 5.74) is 0.898. The van der Waals surface area contributed by atoms with Gasteiger partial charge in [0.05, 0.1) is 6.61 Å². The van der Waals surface area contributed by atoms with Gasteiger partial charge in [-0.1, -0.05) is 114 Å². The highest BCUT2D eigenvalue weighted by Gasteiger charge is 2.17. The first-order valence-corrected chi connectivity index (χ1v) is 12.3. The lowest BCUT2D eigenvalue weighted by Crippen LogP contribution is -2.39. The van der Waals surface area contributed by atoms with Gasteiger partial charge in [0.15, 0.2) is 0 Å². The molecule has 0 heterocycles. The topological polar surface area (TPSA) is 64.6 Å². The Kier molecular flexibility index (Phi) is 16.3. The number of ether oxygens (including phenoxy) is 2. The normalized spacial score (nSPS) is 11.7. The lowest BCUT2D eigenvalue weighted by atomic mass is 10.0. The van der Waals surface area contributed by atoms with E-state index in [1.165, 1.54) is 70.6 Å². The highest BCUT2D eigenvalue weighted by atomic mass is 16.6. The summed E-state index contributed by atoms with van der Waals surface area (Å²) in [7, 11) is 0. The largest absolute Gasteiger partial charge is 0.464 e. The SMILES string of the molecule is CCCCCCCCCCCCCCCOC(=O)[C@H](C)NC(=O)OCc1ccccc1. The molecule has 1 aromatic rings. The second kappa shape index (κ2) is 18.7. The minimum Gasteiger partial charge on any atom is -0.464 e. The van der Waals surface area contributed by atoms with E-state index in [-0.39, 0.29) is 6.61 Å². The first-order valence-electron chi connectivity index (χ1n) is 12.3. The summed E-state index contributed by atoms with van der Waals surface area (Å²) < 4.78 is 10.4. The first-order chi connectivity index (χ1) is 15.1. The van der Waals surface area contributed by atoms with Gasteiger partial charge in [-0.2, -0.15) is 0 Å². The molecule has 0 saturated heterocycles. The molecular formula is C26H43NO4. The van der Waals surface area contributed by atoms with Crippen molar-refractivity contribution in [3.8, 4) is 0 Å². The molecule has 0 unspecified atom stereocenters. The third-order valence-electron chi connectivity index (χ3n) is 5.39. The van der Waals surface area contributed by atoms with Crippen LogP contribution >= 0.6 is 0 Å². The predicted octanol–water partition coefficient (Wildman–Crippen LogP) is 6.94. The summed E-state index contributed by atoms with van der Waals surface area (Å²) in [4.78, 5) is 23.8. The molecule has 1 aromatic carbocycles. The molecule has 5 heteroatoms. The van der Waals surface area contributed by atoms with E-state index in [1.54, 1.807) is 6.92 Å². The van der Waals surface area contributed by atoms with Gasteiger partial charge in [0, 0.05) is 0 Å². The van der Waals surface area contributed by atoms with Crippen molar-refractivity contribution in [2.45, 2.75) is 110 Å². The second-order valence-electron chi connectivity index (χ2n) is 8.34. The number of esters is 1. The molecule has 0 aliphatic carbocycles. The molecule has 1 amide bonds. The van der Waals surface area contributed by atoms with E-state index < -0.39 is 18.1 Å². The summed E-state index contributed by atoms with van der Waals surface area (Å²) >= 11 is 0. The van der Waals surface area contributed by atoms with E-state index >= 15 is 0 Å². The number of benzene rings is 1. The smallest absolute Gasteiger partial charge is 0.408 e. The Balaban J connectivity index is 1.91. The highest BCUT2D eigenvalue weighted by molar-refractivity contribution is 5.80. The summed E-state index contributed by atoms with van der Waals surface area (Å²) in [5.74, 6) is -0.421. The van der Waals surface area contributed by atoms with Crippen LogP contribution < -0.4 is 5.32 Å². The van der Waals surface area contributed by atoms with Gasteiger partial charge in [-0.3, -0.25) is 0 Å². The van der Waals surface area contributed by atoms with Crippen molar-refractivity contribution in [2.24, 2.45) is 0 Å². The van der Waals surface area contributed by atoms with Crippen LogP contribution in [0, 0.1) is 0 Å². The van der Waals surface area contributed by atoms with E-state index in [0.717, 1.165) is 18.4 Å². The maximum absolute atomic E-state index is 12.0. The van der Waals surface area contributed by atoms with Gasteiger partial charge in [0.2, 0.25) is 0 Å². The monoisotopic (exact) mass is 433 g/mol. The fourth-order valence-corrected chi connectivity index (χ4v) is 3.42. The van der Waals surface area contributed by atoms with Gasteiger partial charge in [0.1, 0.15) is 12.6 Å². The van der Waals surface area contributed by atoms with Crippen LogP contribution in [0.15, 0.2) is 30.3 Å². The number of nitrogens with one attached hydrogen (secondary N) is 1. The maximum Gasteiger partial charge on any atom is 0.408 e. The average Bonchev–Trinajstić information content (AvgIpc) is 2.78. The van der Waals surface area contributed by atoms with Crippen LogP contribution in [-0.2, 0) is 20.9 Å². The Labute approximate surface area is 189 Å². The number of rotatable bonds is 18. The van der Waals surface area contributed by atoms with E-state index in [0.29, 0.717) is 6.61 Å². The average molecular weight is 434 g/mol. The minimum atomic E-state index is -0.717. The molecule has 5 nitrogen and oxygen atoms in total. The Hall–Kier alpha value is -2.04. The van der Waals surface area contributed by atoms with Crippen LogP contribution in [0.3, 0.4) is 0 Å². The minimum absolute atomic E-state index is 0.174. The second-order valence-corrected chi connectivity index (χ2v) is 8.34. The van der Waals surface area contributed by atoms with Crippen LogP contribution in [0.4, 0.5) is 4.79 Å². The van der Waals surface area contributed by atoms with Gasteiger partial charge in [-0.25, -0.2) is 9.59 Å². The van der Waals surface area contributed by atoms with Crippen molar-refractivity contribution in [1.29, 1.82) is 0 Å². The van der Waals surface area contributed by atoms with Crippen molar-refractivity contribution in [3.63, 3.8) is 0 Å². The third kappa shape index (κ3) is 15.4. The van der Waals surface area contributed by atoms with Crippen molar-refractivity contribution in [1.82, 2.24) is 5.32 Å². The zero-order chi connectivity index (χ0) is 22.6. The molecule has 0 saturated carbocycles. The molecule has 0 radical (unpaired) electrons. The zero-order valence-electron chi connectivity index (χ0n) is 19.7. The molecule has 0 bridgehead atoms. The summed E-state index contributed by atoms with van der Waals surface area (Å²) in [6.07, 6.45) is 16.1. The summed E-state index contributed by atoms with van der Waals surface area (Å²) in [5, 5.41) is 2.51. The fraction of sp³-hybridized carbons (Fsp3) is 0.692. The molecule has 176 valence electrons. The molecule has 1 atom stereocenters. The number of hydrogen-bond donors (Lipinski definition) is 1. The first kappa shape index (κ1) is 27.0. The number of amides is 1. The molecule has 0 fully saturated rings. The van der Waals surface area contributed by atoms with Crippen LogP contribution in [0.25, 0.3) is 0 Å². The highest BCUT2D eigenvalue weighted by Crippen LogP contribution is 2.12. The van der Waals surface area contributed by atoms with Gasteiger partial charge in [-0.05, 0) is 18.9 Å². The van der Waals surface area contributed by atoms with Gasteiger partial charge < -0.3 is 14.8 Å². The van der Waals surface area contributed by atoms with E-state index in [2.05, 4.69) is 12.2 Å². The molecule has 0 aliphatic heterocycles. The number of unbranched alkanes of at least 4 members (excludes halogenated alkanes) is 12. The Morgan fingerprint density at radius 2 is 1.29 bits per heavy atom. The van der Waals surface area contributed by atoms with E-state index in [4.69, 9.17) is 9.47 Å². The van der Waals surface area contributed by atoms with Gasteiger partial charge in [-0.15, -0.1) is 0 Å². The molecular weight excluding hydrogens is 390 g/mol. The number of alkyl carbamates (subject to hydrolysis) is 1. The lowest BCUT2D eigenvalue weighted by molar-refractivity contribution is -0.145. The number of carbonyl (C=O) groups excluding carboxylic acids is 2. The Morgan fingerprint density at radius 1 is 0.774 bits per heavy atom. The molecule has 0 aliphatic rings. The number of carbonyl (C=O) groups is 2. The fourth-order valence-electron chi connectivity index (χ4n) is 3.42. The van der Waals surface area contributed by atoms with Crippen molar-refractivity contribution >= 4 is 12.1 Å². The number of hydrogen-bond acceptors (Lipinski definition) is 4. The van der Waals surface area contributed by atoms with Crippen LogP contribution in [0.5, 0.6) is 0 Å². The third-order valence-corrected chi connectivity index (χ3v) is 5.39. The molecule has 1 N–H and O–H groups in total. The Morgan fingerprint density at radius 3 is 1.84 bits per heavy atom. The molecule has 1 rings (SSSR count).